The zero-order valence-corrected chi connectivity index (χ0v) is 11.1. The fourth-order valence-corrected chi connectivity index (χ4v) is 1.98. The molecule has 0 spiro atoms. The number of amides is 1. The molecule has 1 aromatic heterocycles. The van der Waals surface area contributed by atoms with Crippen LogP contribution in [0.2, 0.25) is 0 Å². The Morgan fingerprint density at radius 3 is 3.05 bits per heavy atom. The van der Waals surface area contributed by atoms with Crippen LogP contribution >= 0.6 is 0 Å². The Morgan fingerprint density at radius 1 is 1.32 bits per heavy atom. The molecule has 0 bridgehead atoms. The molecule has 19 heavy (non-hydrogen) atoms. The van der Waals surface area contributed by atoms with Gasteiger partial charge in [0.2, 0.25) is 5.91 Å². The number of pyridine rings is 1. The number of carbonyl (C=O) groups is 1. The van der Waals surface area contributed by atoms with E-state index in [1.54, 1.807) is 6.20 Å². The van der Waals surface area contributed by atoms with E-state index in [1.165, 1.54) is 10.9 Å². The Hall–Kier alpha value is -1.94. The number of nitrogens with one attached hydrogen (secondary N) is 2. The molecule has 0 aliphatic heterocycles. The summed E-state index contributed by atoms with van der Waals surface area (Å²) in [5, 5.41) is 8.32. The first-order valence-corrected chi connectivity index (χ1v) is 6.60. The van der Waals surface area contributed by atoms with Gasteiger partial charge in [-0.15, -0.1) is 0 Å². The van der Waals surface area contributed by atoms with Crippen molar-refractivity contribution in [2.24, 2.45) is 0 Å². The number of nitrogens with zero attached hydrogens (tertiary/aromatic N) is 1. The Morgan fingerprint density at radius 2 is 2.21 bits per heavy atom. The third kappa shape index (κ3) is 3.76. The summed E-state index contributed by atoms with van der Waals surface area (Å²) in [6, 6.07) is 8.13. The molecule has 0 aliphatic rings. The minimum Gasteiger partial charge on any atom is -0.355 e. The van der Waals surface area contributed by atoms with E-state index in [9.17, 15) is 4.79 Å². The van der Waals surface area contributed by atoms with E-state index in [4.69, 9.17) is 0 Å². The Labute approximate surface area is 113 Å². The summed E-state index contributed by atoms with van der Waals surface area (Å²) in [5.74, 6) is 0.0451. The molecule has 2 N–H and O–H groups in total. The molecule has 0 fully saturated rings. The number of benzene rings is 1. The van der Waals surface area contributed by atoms with Crippen molar-refractivity contribution in [1.82, 2.24) is 15.6 Å². The van der Waals surface area contributed by atoms with E-state index in [0.29, 0.717) is 13.1 Å². The number of aromatic nitrogens is 1. The third-order valence-corrected chi connectivity index (χ3v) is 2.94. The molecule has 0 aliphatic carbocycles. The van der Waals surface area contributed by atoms with Gasteiger partial charge in [-0.25, -0.2) is 0 Å². The summed E-state index contributed by atoms with van der Waals surface area (Å²) in [5.41, 5.74) is 1.18. The van der Waals surface area contributed by atoms with Crippen molar-refractivity contribution >= 4 is 16.7 Å². The highest BCUT2D eigenvalue weighted by Crippen LogP contribution is 2.16. The number of carbonyl (C=O) groups excluding carboxylic acids is 1. The van der Waals surface area contributed by atoms with Gasteiger partial charge in [0.15, 0.2) is 0 Å². The van der Waals surface area contributed by atoms with Crippen molar-refractivity contribution in [3.8, 4) is 0 Å². The monoisotopic (exact) mass is 257 g/mol. The lowest BCUT2D eigenvalue weighted by atomic mass is 10.1. The molecule has 2 rings (SSSR count). The highest BCUT2D eigenvalue weighted by Gasteiger charge is 2.02. The Bertz CT molecular complexity index is 549. The summed E-state index contributed by atoms with van der Waals surface area (Å²) >= 11 is 0. The van der Waals surface area contributed by atoms with Crippen molar-refractivity contribution in [3.63, 3.8) is 0 Å². The number of hydrogen-bond donors (Lipinski definition) is 2. The van der Waals surface area contributed by atoms with Gasteiger partial charge in [0.25, 0.3) is 0 Å². The van der Waals surface area contributed by atoms with Crippen molar-refractivity contribution in [3.05, 3.63) is 42.2 Å². The van der Waals surface area contributed by atoms with Gasteiger partial charge in [0, 0.05) is 30.9 Å². The summed E-state index contributed by atoms with van der Waals surface area (Å²) < 4.78 is 0. The zero-order chi connectivity index (χ0) is 13.5. The minimum atomic E-state index is 0.0451. The first-order chi connectivity index (χ1) is 9.31. The molecule has 0 unspecified atom stereocenters. The summed E-state index contributed by atoms with van der Waals surface area (Å²) in [4.78, 5) is 15.6. The van der Waals surface area contributed by atoms with Crippen LogP contribution in [-0.4, -0.2) is 24.0 Å². The predicted octanol–water partition coefficient (Wildman–Crippen LogP) is 1.85. The molecule has 2 aromatic rings. The van der Waals surface area contributed by atoms with E-state index < -0.39 is 0 Å². The average molecular weight is 257 g/mol. The molecule has 0 saturated heterocycles. The number of fused-ring (bicyclic) bond motifs is 1. The Kier molecular flexibility index (Phi) is 4.86. The van der Waals surface area contributed by atoms with Crippen molar-refractivity contribution in [2.45, 2.75) is 19.9 Å². The predicted molar refractivity (Wildman–Crippen MR) is 76.8 cm³/mol. The maximum Gasteiger partial charge on any atom is 0.233 e. The number of hydrogen-bond acceptors (Lipinski definition) is 3. The molecular formula is C15H19N3O. The molecule has 4 nitrogen and oxygen atoms in total. The summed E-state index contributed by atoms with van der Waals surface area (Å²) in [7, 11) is 0. The first kappa shape index (κ1) is 13.5. The molecule has 4 heteroatoms. The molecule has 0 radical (unpaired) electrons. The minimum absolute atomic E-state index is 0.0451. The fourth-order valence-electron chi connectivity index (χ4n) is 1.98. The van der Waals surface area contributed by atoms with Crippen LogP contribution in [0, 0.1) is 0 Å². The highest BCUT2D eigenvalue weighted by molar-refractivity contribution is 5.84. The van der Waals surface area contributed by atoms with Gasteiger partial charge >= 0.3 is 0 Å². The second-order valence-corrected chi connectivity index (χ2v) is 4.47. The van der Waals surface area contributed by atoms with Gasteiger partial charge in [-0.2, -0.15) is 0 Å². The molecule has 1 amide bonds. The van der Waals surface area contributed by atoms with Gasteiger partial charge in [0.1, 0.15) is 0 Å². The van der Waals surface area contributed by atoms with Crippen LogP contribution in [0.5, 0.6) is 0 Å². The zero-order valence-electron chi connectivity index (χ0n) is 11.1. The molecule has 1 aromatic carbocycles. The van der Waals surface area contributed by atoms with E-state index in [1.807, 2.05) is 31.3 Å². The molecular weight excluding hydrogens is 238 g/mol. The lowest BCUT2D eigenvalue weighted by Crippen LogP contribution is -2.33. The summed E-state index contributed by atoms with van der Waals surface area (Å²) in [6.07, 6.45) is 4.61. The van der Waals surface area contributed by atoms with E-state index in [-0.39, 0.29) is 5.91 Å². The summed E-state index contributed by atoms with van der Waals surface area (Å²) in [6.45, 7) is 3.81. The Balaban J connectivity index is 1.93. The number of rotatable bonds is 6. The molecule has 100 valence electrons. The lowest BCUT2D eigenvalue weighted by molar-refractivity contribution is -0.120. The highest BCUT2D eigenvalue weighted by atomic mass is 16.1. The largest absolute Gasteiger partial charge is 0.355 e. The smallest absolute Gasteiger partial charge is 0.233 e. The SMILES string of the molecule is CCCNC(=O)CNCc1cccc2cnccc12. The van der Waals surface area contributed by atoms with Gasteiger partial charge < -0.3 is 10.6 Å². The van der Waals surface area contributed by atoms with E-state index in [2.05, 4.69) is 21.7 Å². The first-order valence-electron chi connectivity index (χ1n) is 6.60. The van der Waals surface area contributed by atoms with Crippen LogP contribution in [0.4, 0.5) is 0 Å². The standard InChI is InChI=1S/C15H19N3O/c1-2-7-18-15(19)11-17-10-13-5-3-4-12-9-16-8-6-14(12)13/h3-6,8-9,17H,2,7,10-11H2,1H3,(H,18,19). The van der Waals surface area contributed by atoms with Crippen molar-refractivity contribution in [1.29, 1.82) is 0 Å². The average Bonchev–Trinajstić information content (AvgIpc) is 2.45. The van der Waals surface area contributed by atoms with Crippen LogP contribution in [0.3, 0.4) is 0 Å². The normalized spacial score (nSPS) is 10.6. The third-order valence-electron chi connectivity index (χ3n) is 2.94. The molecule has 0 atom stereocenters. The van der Waals surface area contributed by atoms with Crippen LogP contribution < -0.4 is 10.6 Å². The van der Waals surface area contributed by atoms with Gasteiger partial charge in [-0.3, -0.25) is 9.78 Å². The van der Waals surface area contributed by atoms with Crippen molar-refractivity contribution < 1.29 is 4.79 Å². The maximum atomic E-state index is 11.5. The quantitative estimate of drug-likeness (QED) is 0.830. The molecule has 0 saturated carbocycles. The van der Waals surface area contributed by atoms with E-state index >= 15 is 0 Å². The van der Waals surface area contributed by atoms with Crippen LogP contribution in [0.25, 0.3) is 10.8 Å². The van der Waals surface area contributed by atoms with Gasteiger partial charge in [-0.05, 0) is 23.4 Å². The maximum absolute atomic E-state index is 11.5. The lowest BCUT2D eigenvalue weighted by Gasteiger charge is -2.08. The topological polar surface area (TPSA) is 54.0 Å². The van der Waals surface area contributed by atoms with Crippen LogP contribution in [0.15, 0.2) is 36.7 Å². The van der Waals surface area contributed by atoms with Crippen LogP contribution in [-0.2, 0) is 11.3 Å². The fraction of sp³-hybridized carbons (Fsp3) is 0.333. The van der Waals surface area contributed by atoms with Gasteiger partial charge in [-0.1, -0.05) is 25.1 Å². The van der Waals surface area contributed by atoms with Gasteiger partial charge in [0.05, 0.1) is 6.54 Å². The van der Waals surface area contributed by atoms with Crippen molar-refractivity contribution in [2.75, 3.05) is 13.1 Å². The second-order valence-electron chi connectivity index (χ2n) is 4.47. The van der Waals surface area contributed by atoms with Crippen LogP contribution in [0.1, 0.15) is 18.9 Å². The second kappa shape index (κ2) is 6.85. The molecule has 1 heterocycles. The van der Waals surface area contributed by atoms with E-state index in [0.717, 1.165) is 18.4 Å².